The molecule has 1 aromatic rings. The number of ether oxygens (including phenoxy) is 1. The number of hydrogen-bond acceptors (Lipinski definition) is 3. The fourth-order valence-corrected chi connectivity index (χ4v) is 3.05. The predicted molar refractivity (Wildman–Crippen MR) is 80.8 cm³/mol. The molecule has 0 aliphatic carbocycles. The van der Waals surface area contributed by atoms with E-state index in [0.29, 0.717) is 12.1 Å². The van der Waals surface area contributed by atoms with E-state index in [1.807, 2.05) is 6.07 Å². The van der Waals surface area contributed by atoms with Crippen molar-refractivity contribution >= 4 is 22.9 Å². The minimum absolute atomic E-state index is 0.336. The zero-order valence-corrected chi connectivity index (χ0v) is 13.1. The summed E-state index contributed by atoms with van der Waals surface area (Å²) in [5.74, 6) is 0. The van der Waals surface area contributed by atoms with Crippen molar-refractivity contribution in [3.63, 3.8) is 0 Å². The summed E-state index contributed by atoms with van der Waals surface area (Å²) in [4.78, 5) is 1.36. The van der Waals surface area contributed by atoms with E-state index < -0.39 is 0 Å². The molecule has 1 aromatic heterocycles. The topological polar surface area (TPSA) is 21.3 Å². The van der Waals surface area contributed by atoms with E-state index in [4.69, 9.17) is 16.3 Å². The van der Waals surface area contributed by atoms with Gasteiger partial charge in [0.2, 0.25) is 0 Å². The Morgan fingerprint density at radius 2 is 2.17 bits per heavy atom. The Hall–Kier alpha value is -0.0900. The highest BCUT2D eigenvalue weighted by Gasteiger charge is 2.12. The molecule has 4 heteroatoms. The van der Waals surface area contributed by atoms with Crippen LogP contribution in [-0.4, -0.2) is 25.8 Å². The van der Waals surface area contributed by atoms with Crippen LogP contribution in [0.15, 0.2) is 12.1 Å². The molecule has 0 fully saturated rings. The average molecular weight is 290 g/mol. The number of rotatable bonds is 9. The summed E-state index contributed by atoms with van der Waals surface area (Å²) >= 11 is 7.66. The van der Waals surface area contributed by atoms with Crippen molar-refractivity contribution in [2.75, 3.05) is 13.7 Å². The number of hydrogen-bond donors (Lipinski definition) is 1. The molecule has 2 atom stereocenters. The zero-order chi connectivity index (χ0) is 13.4. The molecule has 0 saturated heterocycles. The maximum absolute atomic E-state index is 5.98. The molecule has 0 aliphatic heterocycles. The van der Waals surface area contributed by atoms with E-state index in [2.05, 4.69) is 25.2 Å². The Labute approximate surface area is 120 Å². The second kappa shape index (κ2) is 8.92. The summed E-state index contributed by atoms with van der Waals surface area (Å²) in [5.41, 5.74) is 0. The smallest absolute Gasteiger partial charge is 0.0931 e. The fraction of sp³-hybridized carbons (Fsp3) is 0.714. The van der Waals surface area contributed by atoms with Crippen molar-refractivity contribution in [1.82, 2.24) is 5.32 Å². The standard InChI is InChI=1S/C14H24ClNOS/c1-4-9-16-12(6-5-11(2)17-3)10-13-7-8-14(15)18-13/h7-8,11-12,16H,4-6,9-10H2,1-3H3. The van der Waals surface area contributed by atoms with Crippen LogP contribution in [-0.2, 0) is 11.2 Å². The van der Waals surface area contributed by atoms with Gasteiger partial charge >= 0.3 is 0 Å². The molecular weight excluding hydrogens is 266 g/mol. The molecule has 2 unspecified atom stereocenters. The summed E-state index contributed by atoms with van der Waals surface area (Å²) in [6.07, 6.45) is 4.81. The van der Waals surface area contributed by atoms with Crippen LogP contribution in [0.4, 0.5) is 0 Å². The van der Waals surface area contributed by atoms with Crippen LogP contribution >= 0.6 is 22.9 Å². The van der Waals surface area contributed by atoms with Crippen molar-refractivity contribution in [3.8, 4) is 0 Å². The summed E-state index contributed by atoms with van der Waals surface area (Å²) in [7, 11) is 1.78. The molecule has 0 amide bonds. The van der Waals surface area contributed by atoms with E-state index in [-0.39, 0.29) is 0 Å². The molecule has 0 saturated carbocycles. The molecule has 1 N–H and O–H groups in total. The highest BCUT2D eigenvalue weighted by atomic mass is 35.5. The Bertz CT molecular complexity index is 329. The van der Waals surface area contributed by atoms with Gasteiger partial charge in [0.15, 0.2) is 0 Å². The molecule has 0 radical (unpaired) electrons. The van der Waals surface area contributed by atoms with Crippen molar-refractivity contribution in [3.05, 3.63) is 21.3 Å². The van der Waals surface area contributed by atoms with Gasteiger partial charge in [-0.15, -0.1) is 11.3 Å². The quantitative estimate of drug-likeness (QED) is 0.738. The lowest BCUT2D eigenvalue weighted by molar-refractivity contribution is 0.106. The minimum Gasteiger partial charge on any atom is -0.382 e. The van der Waals surface area contributed by atoms with Crippen molar-refractivity contribution in [2.24, 2.45) is 0 Å². The van der Waals surface area contributed by atoms with Gasteiger partial charge in [0.1, 0.15) is 0 Å². The monoisotopic (exact) mass is 289 g/mol. The first kappa shape index (κ1) is 16.0. The average Bonchev–Trinajstić information content (AvgIpc) is 2.77. The first-order valence-electron chi connectivity index (χ1n) is 6.66. The second-order valence-corrected chi connectivity index (χ2v) is 6.48. The van der Waals surface area contributed by atoms with Crippen molar-refractivity contribution < 1.29 is 4.74 Å². The molecule has 0 aromatic carbocycles. The van der Waals surface area contributed by atoms with Gasteiger partial charge in [-0.2, -0.15) is 0 Å². The highest BCUT2D eigenvalue weighted by Crippen LogP contribution is 2.23. The third-order valence-corrected chi connectivity index (χ3v) is 4.34. The summed E-state index contributed by atoms with van der Waals surface area (Å²) in [5, 5.41) is 3.61. The normalized spacial score (nSPS) is 14.7. The van der Waals surface area contributed by atoms with E-state index in [1.54, 1.807) is 18.4 Å². The Balaban J connectivity index is 2.44. The van der Waals surface area contributed by atoms with Crippen LogP contribution in [0, 0.1) is 0 Å². The van der Waals surface area contributed by atoms with Crippen LogP contribution in [0.3, 0.4) is 0 Å². The van der Waals surface area contributed by atoms with Gasteiger partial charge in [-0.3, -0.25) is 0 Å². The Morgan fingerprint density at radius 1 is 1.39 bits per heavy atom. The first-order chi connectivity index (χ1) is 8.65. The van der Waals surface area contributed by atoms with Crippen LogP contribution in [0.1, 0.15) is 38.0 Å². The lowest BCUT2D eigenvalue weighted by Gasteiger charge is -2.19. The van der Waals surface area contributed by atoms with Crippen LogP contribution in [0.25, 0.3) is 0 Å². The minimum atomic E-state index is 0.336. The molecule has 2 nitrogen and oxygen atoms in total. The first-order valence-corrected chi connectivity index (χ1v) is 7.85. The second-order valence-electron chi connectivity index (χ2n) is 4.68. The summed E-state index contributed by atoms with van der Waals surface area (Å²) in [6.45, 7) is 5.40. The number of methoxy groups -OCH3 is 1. The largest absolute Gasteiger partial charge is 0.382 e. The van der Waals surface area contributed by atoms with E-state index in [0.717, 1.165) is 30.1 Å². The van der Waals surface area contributed by atoms with Crippen LogP contribution < -0.4 is 5.32 Å². The third-order valence-electron chi connectivity index (χ3n) is 3.08. The van der Waals surface area contributed by atoms with Gasteiger partial charge in [-0.25, -0.2) is 0 Å². The van der Waals surface area contributed by atoms with Gasteiger partial charge in [-0.1, -0.05) is 18.5 Å². The molecule has 0 spiro atoms. The van der Waals surface area contributed by atoms with Gasteiger partial charge in [0, 0.05) is 18.0 Å². The number of thiophene rings is 1. The van der Waals surface area contributed by atoms with Gasteiger partial charge < -0.3 is 10.1 Å². The lowest BCUT2D eigenvalue weighted by Crippen LogP contribution is -2.32. The maximum atomic E-state index is 5.98. The molecule has 1 heterocycles. The molecule has 18 heavy (non-hydrogen) atoms. The zero-order valence-electron chi connectivity index (χ0n) is 11.5. The Morgan fingerprint density at radius 3 is 2.72 bits per heavy atom. The van der Waals surface area contributed by atoms with E-state index in [1.165, 1.54) is 11.3 Å². The van der Waals surface area contributed by atoms with Crippen molar-refractivity contribution in [2.45, 2.75) is 51.7 Å². The van der Waals surface area contributed by atoms with Gasteiger partial charge in [0.05, 0.1) is 10.4 Å². The van der Waals surface area contributed by atoms with Crippen LogP contribution in [0.5, 0.6) is 0 Å². The Kier molecular flexibility index (Phi) is 7.91. The highest BCUT2D eigenvalue weighted by molar-refractivity contribution is 7.16. The number of halogens is 1. The van der Waals surface area contributed by atoms with Gasteiger partial charge in [-0.05, 0) is 51.3 Å². The SMILES string of the molecule is CCCNC(CCC(C)OC)Cc1ccc(Cl)s1. The molecule has 0 bridgehead atoms. The molecule has 0 aliphatic rings. The van der Waals surface area contributed by atoms with Gasteiger partial charge in [0.25, 0.3) is 0 Å². The molecule has 104 valence electrons. The predicted octanol–water partition coefficient (Wildman–Crippen LogP) is 4.13. The van der Waals surface area contributed by atoms with Crippen LogP contribution in [0.2, 0.25) is 4.34 Å². The summed E-state index contributed by atoms with van der Waals surface area (Å²) < 4.78 is 6.19. The van der Waals surface area contributed by atoms with E-state index in [9.17, 15) is 0 Å². The third kappa shape index (κ3) is 6.19. The lowest BCUT2D eigenvalue weighted by atomic mass is 10.0. The molecular formula is C14H24ClNOS. The molecule has 1 rings (SSSR count). The summed E-state index contributed by atoms with van der Waals surface area (Å²) in [6, 6.07) is 4.64. The maximum Gasteiger partial charge on any atom is 0.0931 e. The number of nitrogens with one attached hydrogen (secondary N) is 1. The fourth-order valence-electron chi connectivity index (χ4n) is 1.88. The van der Waals surface area contributed by atoms with Crippen molar-refractivity contribution in [1.29, 1.82) is 0 Å². The van der Waals surface area contributed by atoms with E-state index >= 15 is 0 Å².